The van der Waals surface area contributed by atoms with Gasteiger partial charge in [-0.1, -0.05) is 115 Å². The summed E-state index contributed by atoms with van der Waals surface area (Å²) < 4.78 is 25.7. The Kier molecular flexibility index (Phi) is 9.42. The Morgan fingerprint density at radius 2 is 1.28 bits per heavy atom. The normalized spacial score (nSPS) is 17.3. The van der Waals surface area contributed by atoms with Crippen LogP contribution < -0.4 is 20.7 Å². The smallest absolute Gasteiger partial charge is 0.330 e. The van der Waals surface area contributed by atoms with Crippen molar-refractivity contribution in [2.45, 2.75) is 30.5 Å². The Bertz CT molecular complexity index is 2780. The maximum atomic E-state index is 13.3. The van der Waals surface area contributed by atoms with Gasteiger partial charge in [-0.2, -0.15) is 0 Å². The fraction of sp³-hybridized carbons (Fsp3) is 0.167. The second-order valence-corrected chi connectivity index (χ2v) is 14.3. The quantitative estimate of drug-likeness (QED) is 0.101. The maximum Gasteiger partial charge on any atom is 0.330 e. The highest BCUT2D eigenvalue weighted by atomic mass is 16.6. The van der Waals surface area contributed by atoms with E-state index < -0.39 is 35.3 Å². The van der Waals surface area contributed by atoms with E-state index >= 15 is 0 Å². The molecule has 9 heteroatoms. The molecular formula is C48H40N2O7. The molecule has 0 bridgehead atoms. The van der Waals surface area contributed by atoms with Crippen molar-refractivity contribution in [1.82, 2.24) is 9.55 Å². The maximum absolute atomic E-state index is 13.3. The van der Waals surface area contributed by atoms with Gasteiger partial charge in [0.25, 0.3) is 5.56 Å². The van der Waals surface area contributed by atoms with Crippen LogP contribution in [0.15, 0.2) is 149 Å². The summed E-state index contributed by atoms with van der Waals surface area (Å²) in [6.07, 6.45) is 2.60. The van der Waals surface area contributed by atoms with Gasteiger partial charge in [-0.15, -0.1) is 0 Å². The van der Waals surface area contributed by atoms with Crippen molar-refractivity contribution in [2.24, 2.45) is 0 Å². The number of aromatic nitrogens is 2. The molecule has 0 spiro atoms. The van der Waals surface area contributed by atoms with E-state index in [0.717, 1.165) is 33.0 Å². The first-order chi connectivity index (χ1) is 27.9. The third-order valence-electron chi connectivity index (χ3n) is 11.2. The lowest BCUT2D eigenvalue weighted by Crippen LogP contribution is -2.38. The van der Waals surface area contributed by atoms with Gasteiger partial charge >= 0.3 is 5.69 Å². The topological polar surface area (TPSA) is 112 Å². The molecule has 1 aliphatic rings. The standard InChI is InChI=1S/C48H40N2O7/c1-54-38-22-18-36(19-23-38)48(35-9-4-3-5-10-35,37-20-24-39(55-2)25-21-37)56-29-42-41(51)27-43(57-42)50-28-34(46(52)49-47(50)53)16-12-30-11-13-33-15-14-31-7-6-8-32-17-26-40(30)45(33)44(31)32/h3-26,28,41-43,51H,27,29H2,1-2H3,(H,49,52,53)/b16-12+/t41-,42+,43+/m0/s1. The Labute approximate surface area is 328 Å². The predicted octanol–water partition coefficient (Wildman–Crippen LogP) is 8.28. The van der Waals surface area contributed by atoms with E-state index in [1.165, 1.54) is 32.3 Å². The molecule has 9 nitrogen and oxygen atoms in total. The molecule has 7 aromatic carbocycles. The van der Waals surface area contributed by atoms with Crippen molar-refractivity contribution in [3.63, 3.8) is 0 Å². The van der Waals surface area contributed by atoms with Crippen molar-refractivity contribution in [1.29, 1.82) is 0 Å². The molecule has 2 heterocycles. The lowest BCUT2D eigenvalue weighted by molar-refractivity contribution is -0.0944. The summed E-state index contributed by atoms with van der Waals surface area (Å²) in [5, 5.41) is 18.3. The minimum absolute atomic E-state index is 0.0237. The van der Waals surface area contributed by atoms with Crippen LogP contribution in [0.3, 0.4) is 0 Å². The summed E-state index contributed by atoms with van der Waals surface area (Å²) in [5.74, 6) is 1.40. The fourth-order valence-corrected chi connectivity index (χ4v) is 8.23. The zero-order chi connectivity index (χ0) is 39.1. The van der Waals surface area contributed by atoms with Gasteiger partial charge < -0.3 is 24.1 Å². The lowest BCUT2D eigenvalue weighted by Gasteiger charge is -2.37. The zero-order valence-electron chi connectivity index (χ0n) is 31.4. The summed E-state index contributed by atoms with van der Waals surface area (Å²) in [5.41, 5.74) is 1.48. The second-order valence-electron chi connectivity index (χ2n) is 14.3. The molecule has 284 valence electrons. The Morgan fingerprint density at radius 1 is 0.702 bits per heavy atom. The first-order valence-corrected chi connectivity index (χ1v) is 18.9. The van der Waals surface area contributed by atoms with E-state index in [0.29, 0.717) is 11.5 Å². The molecule has 0 amide bonds. The van der Waals surface area contributed by atoms with Crippen LogP contribution in [-0.2, 0) is 15.1 Å². The molecule has 1 fully saturated rings. The second kappa shape index (κ2) is 14.9. The van der Waals surface area contributed by atoms with Crippen molar-refractivity contribution >= 4 is 44.5 Å². The minimum atomic E-state index is -1.13. The number of aliphatic hydroxyl groups excluding tert-OH is 1. The molecule has 0 unspecified atom stereocenters. The molecule has 1 aromatic heterocycles. The summed E-state index contributed by atoms with van der Waals surface area (Å²) >= 11 is 0. The van der Waals surface area contributed by atoms with Crippen LogP contribution in [-0.4, -0.2) is 47.7 Å². The van der Waals surface area contributed by atoms with Crippen LogP contribution in [0.1, 0.15) is 40.5 Å². The predicted molar refractivity (Wildman–Crippen MR) is 223 cm³/mol. The lowest BCUT2D eigenvalue weighted by atomic mass is 9.80. The Balaban J connectivity index is 1.02. The van der Waals surface area contributed by atoms with Crippen LogP contribution >= 0.6 is 0 Å². The Morgan fingerprint density at radius 3 is 1.93 bits per heavy atom. The SMILES string of the molecule is COc1ccc(C(OC[C@H]2O[C@@H](n3cc(/C=C/c4ccc5ccc6cccc7ccc4c5c67)c(=O)[nH]c3=O)C[C@@H]2O)(c2ccccc2)c2ccc(OC)cc2)cc1. The monoisotopic (exact) mass is 756 g/mol. The molecule has 0 radical (unpaired) electrons. The van der Waals surface area contributed by atoms with Crippen molar-refractivity contribution in [3.8, 4) is 11.5 Å². The molecule has 2 N–H and O–H groups in total. The van der Waals surface area contributed by atoms with E-state index in [9.17, 15) is 14.7 Å². The van der Waals surface area contributed by atoms with Crippen molar-refractivity contribution < 1.29 is 24.1 Å². The summed E-state index contributed by atoms with van der Waals surface area (Å²) in [6.45, 7) is -0.0237. The molecule has 1 saturated heterocycles. The number of nitrogens with one attached hydrogen (secondary N) is 1. The van der Waals surface area contributed by atoms with Crippen LogP contribution in [0, 0.1) is 0 Å². The molecule has 0 aliphatic carbocycles. The molecule has 9 rings (SSSR count). The molecule has 8 aromatic rings. The highest BCUT2D eigenvalue weighted by Crippen LogP contribution is 2.43. The molecule has 57 heavy (non-hydrogen) atoms. The number of ether oxygens (including phenoxy) is 4. The van der Waals surface area contributed by atoms with Gasteiger partial charge in [0.1, 0.15) is 29.4 Å². The number of H-pyrrole nitrogens is 1. The fourth-order valence-electron chi connectivity index (χ4n) is 8.23. The third kappa shape index (κ3) is 6.45. The van der Waals surface area contributed by atoms with Crippen LogP contribution in [0.4, 0.5) is 0 Å². The van der Waals surface area contributed by atoms with Crippen LogP contribution in [0.5, 0.6) is 11.5 Å². The first-order valence-electron chi connectivity index (χ1n) is 18.9. The van der Waals surface area contributed by atoms with Crippen LogP contribution in [0.2, 0.25) is 0 Å². The Hall–Kier alpha value is -6.52. The van der Waals surface area contributed by atoms with Gasteiger partial charge in [0.15, 0.2) is 0 Å². The van der Waals surface area contributed by atoms with E-state index in [4.69, 9.17) is 18.9 Å². The minimum Gasteiger partial charge on any atom is -0.497 e. The van der Waals surface area contributed by atoms with E-state index in [1.807, 2.05) is 91.0 Å². The highest BCUT2D eigenvalue weighted by molar-refractivity contribution is 6.24. The number of hydrogen-bond donors (Lipinski definition) is 2. The highest BCUT2D eigenvalue weighted by Gasteiger charge is 2.42. The van der Waals surface area contributed by atoms with Gasteiger partial charge in [-0.05, 0) is 84.9 Å². The molecular weight excluding hydrogens is 717 g/mol. The number of hydrogen-bond acceptors (Lipinski definition) is 7. The molecule has 3 atom stereocenters. The number of aliphatic hydroxyl groups is 1. The average molecular weight is 757 g/mol. The average Bonchev–Trinajstić information content (AvgIpc) is 3.63. The van der Waals surface area contributed by atoms with Gasteiger partial charge in [-0.3, -0.25) is 14.3 Å². The zero-order valence-corrected chi connectivity index (χ0v) is 31.4. The first kappa shape index (κ1) is 36.1. The van der Waals surface area contributed by atoms with Gasteiger partial charge in [0, 0.05) is 12.6 Å². The van der Waals surface area contributed by atoms with E-state index in [1.54, 1.807) is 20.3 Å². The van der Waals surface area contributed by atoms with E-state index in [-0.39, 0.29) is 18.6 Å². The summed E-state index contributed by atoms with van der Waals surface area (Å²) in [6, 6.07) is 44.2. The van der Waals surface area contributed by atoms with Gasteiger partial charge in [0.2, 0.25) is 0 Å². The number of nitrogens with zero attached hydrogens (tertiary/aromatic N) is 1. The summed E-state index contributed by atoms with van der Waals surface area (Å²) in [4.78, 5) is 28.9. The van der Waals surface area contributed by atoms with E-state index in [2.05, 4.69) is 53.5 Å². The van der Waals surface area contributed by atoms with Gasteiger partial charge in [-0.25, -0.2) is 4.79 Å². The molecule has 1 aliphatic heterocycles. The van der Waals surface area contributed by atoms with Crippen molar-refractivity contribution in [3.05, 3.63) is 188 Å². The number of benzene rings is 7. The summed E-state index contributed by atoms with van der Waals surface area (Å²) in [7, 11) is 3.24. The van der Waals surface area contributed by atoms with Gasteiger partial charge in [0.05, 0.1) is 32.5 Å². The number of methoxy groups -OCH3 is 2. The largest absolute Gasteiger partial charge is 0.497 e. The van der Waals surface area contributed by atoms with Crippen molar-refractivity contribution in [2.75, 3.05) is 20.8 Å². The van der Waals surface area contributed by atoms with Crippen LogP contribution in [0.25, 0.3) is 44.5 Å². The molecule has 0 saturated carbocycles. The third-order valence-corrected chi connectivity index (χ3v) is 11.2. The number of rotatable bonds is 11. The number of aromatic amines is 1.